The largest absolute Gasteiger partial charge is 0.464 e. The van der Waals surface area contributed by atoms with Gasteiger partial charge < -0.3 is 9.64 Å². The van der Waals surface area contributed by atoms with E-state index in [0.29, 0.717) is 18.3 Å². The Morgan fingerprint density at radius 2 is 1.93 bits per heavy atom. The van der Waals surface area contributed by atoms with Crippen molar-refractivity contribution in [1.82, 2.24) is 4.90 Å². The third kappa shape index (κ3) is 5.16. The first-order valence-electron chi connectivity index (χ1n) is 10.0. The van der Waals surface area contributed by atoms with Crippen LogP contribution in [0, 0.1) is 5.92 Å². The van der Waals surface area contributed by atoms with Gasteiger partial charge in [0.2, 0.25) is 5.91 Å². The Bertz CT molecular complexity index is 655. The molecule has 1 amide bonds. The van der Waals surface area contributed by atoms with Crippen molar-refractivity contribution in [1.29, 1.82) is 0 Å². The molecule has 0 bridgehead atoms. The summed E-state index contributed by atoms with van der Waals surface area (Å²) in [7, 11) is 0. The van der Waals surface area contributed by atoms with Crippen LogP contribution in [0.1, 0.15) is 51.0 Å². The summed E-state index contributed by atoms with van der Waals surface area (Å²) in [6.45, 7) is 2.39. The topological polar surface area (TPSA) is 46.6 Å². The number of esters is 1. The van der Waals surface area contributed by atoms with Crippen LogP contribution in [0.15, 0.2) is 36.4 Å². The van der Waals surface area contributed by atoms with Crippen molar-refractivity contribution in [3.8, 4) is 0 Å². The van der Waals surface area contributed by atoms with Gasteiger partial charge in [0.1, 0.15) is 6.04 Å². The van der Waals surface area contributed by atoms with Gasteiger partial charge >= 0.3 is 5.97 Å². The minimum absolute atomic E-state index is 0.0809. The minimum Gasteiger partial charge on any atom is -0.464 e. The van der Waals surface area contributed by atoms with E-state index in [0.717, 1.165) is 24.8 Å². The smallest absolute Gasteiger partial charge is 0.329 e. The zero-order chi connectivity index (χ0) is 19.1. The Kier molecular flexibility index (Phi) is 7.39. The zero-order valence-electron chi connectivity index (χ0n) is 16.0. The van der Waals surface area contributed by atoms with Crippen molar-refractivity contribution in [3.63, 3.8) is 0 Å². The van der Waals surface area contributed by atoms with E-state index in [1.807, 2.05) is 43.3 Å². The van der Waals surface area contributed by atoms with Gasteiger partial charge in [-0.15, -0.1) is 11.8 Å². The van der Waals surface area contributed by atoms with Crippen molar-refractivity contribution < 1.29 is 14.3 Å². The predicted molar refractivity (Wildman–Crippen MR) is 110 cm³/mol. The van der Waals surface area contributed by atoms with Gasteiger partial charge in [0.15, 0.2) is 0 Å². The van der Waals surface area contributed by atoms with E-state index in [4.69, 9.17) is 4.74 Å². The monoisotopic (exact) mass is 387 g/mol. The fraction of sp³-hybridized carbons (Fsp3) is 0.545. The molecule has 2 aliphatic rings. The molecule has 4 nitrogen and oxygen atoms in total. The van der Waals surface area contributed by atoms with E-state index in [-0.39, 0.29) is 17.3 Å². The van der Waals surface area contributed by atoms with Crippen LogP contribution in [0.2, 0.25) is 0 Å². The van der Waals surface area contributed by atoms with Gasteiger partial charge in [-0.1, -0.05) is 56.5 Å². The van der Waals surface area contributed by atoms with Crippen LogP contribution in [-0.2, 0) is 14.3 Å². The Hall–Kier alpha value is -1.75. The SMILES string of the molecule is CCCOC(=O)C1CSC(C2CCCCC2)N1C(=O)/C=C/c1ccccc1. The van der Waals surface area contributed by atoms with E-state index in [2.05, 4.69) is 0 Å². The standard InChI is InChI=1S/C22H29NO3S/c1-2-15-26-22(25)19-16-27-21(18-11-7-4-8-12-18)23(19)20(24)14-13-17-9-5-3-6-10-17/h3,5-6,9-10,13-14,18-19,21H,2,4,7-8,11-12,15-16H2,1H3/b14-13+. The first-order valence-corrected chi connectivity index (χ1v) is 11.1. The van der Waals surface area contributed by atoms with Crippen molar-refractivity contribution >= 4 is 29.7 Å². The Balaban J connectivity index is 1.77. The fourth-order valence-electron chi connectivity index (χ4n) is 3.89. The summed E-state index contributed by atoms with van der Waals surface area (Å²) in [4.78, 5) is 27.5. The molecule has 2 fully saturated rings. The molecular formula is C22H29NO3S. The second kappa shape index (κ2) is 9.98. The van der Waals surface area contributed by atoms with Crippen molar-refractivity contribution in [2.75, 3.05) is 12.4 Å². The van der Waals surface area contributed by atoms with Crippen LogP contribution in [0.5, 0.6) is 0 Å². The Morgan fingerprint density at radius 3 is 2.63 bits per heavy atom. The summed E-state index contributed by atoms with van der Waals surface area (Å²) >= 11 is 1.75. The molecule has 1 aliphatic carbocycles. The number of rotatable bonds is 6. The highest BCUT2D eigenvalue weighted by Crippen LogP contribution is 2.40. The maximum absolute atomic E-state index is 13.1. The molecule has 2 unspecified atom stereocenters. The number of carbonyl (C=O) groups excluding carboxylic acids is 2. The van der Waals surface area contributed by atoms with Crippen molar-refractivity contribution in [3.05, 3.63) is 42.0 Å². The van der Waals surface area contributed by atoms with Gasteiger partial charge in [0.05, 0.1) is 12.0 Å². The van der Waals surface area contributed by atoms with E-state index in [1.165, 1.54) is 19.3 Å². The molecule has 1 saturated heterocycles. The molecule has 2 atom stereocenters. The third-order valence-electron chi connectivity index (χ3n) is 5.28. The highest BCUT2D eigenvalue weighted by Gasteiger charge is 2.44. The van der Waals surface area contributed by atoms with Crippen molar-refractivity contribution in [2.24, 2.45) is 5.92 Å². The minimum atomic E-state index is -0.471. The number of ether oxygens (including phenoxy) is 1. The molecule has 27 heavy (non-hydrogen) atoms. The highest BCUT2D eigenvalue weighted by molar-refractivity contribution is 8.00. The quantitative estimate of drug-likeness (QED) is 0.532. The number of hydrogen-bond acceptors (Lipinski definition) is 4. The van der Waals surface area contributed by atoms with E-state index < -0.39 is 6.04 Å². The number of thioether (sulfide) groups is 1. The lowest BCUT2D eigenvalue weighted by Gasteiger charge is -2.34. The second-order valence-electron chi connectivity index (χ2n) is 7.29. The van der Waals surface area contributed by atoms with Gasteiger partial charge in [0.25, 0.3) is 0 Å². The zero-order valence-corrected chi connectivity index (χ0v) is 16.8. The molecule has 1 saturated carbocycles. The molecule has 0 aromatic heterocycles. The molecule has 1 aromatic carbocycles. The third-order valence-corrected chi connectivity index (χ3v) is 6.74. The highest BCUT2D eigenvalue weighted by atomic mass is 32.2. The number of amides is 1. The number of hydrogen-bond donors (Lipinski definition) is 0. The van der Waals surface area contributed by atoms with Crippen LogP contribution in [0.4, 0.5) is 0 Å². The molecule has 3 rings (SSSR count). The molecule has 1 aliphatic heterocycles. The average Bonchev–Trinajstić information content (AvgIpc) is 3.17. The number of benzene rings is 1. The second-order valence-corrected chi connectivity index (χ2v) is 8.44. The Morgan fingerprint density at radius 1 is 1.19 bits per heavy atom. The summed E-state index contributed by atoms with van der Waals surface area (Å²) in [6, 6.07) is 9.32. The molecule has 5 heteroatoms. The summed E-state index contributed by atoms with van der Waals surface area (Å²) in [5, 5.41) is 0.0809. The van der Waals surface area contributed by atoms with E-state index in [1.54, 1.807) is 22.7 Å². The van der Waals surface area contributed by atoms with Crippen LogP contribution in [0.25, 0.3) is 6.08 Å². The van der Waals surface area contributed by atoms with Crippen LogP contribution in [0.3, 0.4) is 0 Å². The van der Waals surface area contributed by atoms with E-state index >= 15 is 0 Å². The molecule has 1 aromatic rings. The van der Waals surface area contributed by atoms with Crippen LogP contribution in [-0.4, -0.2) is 40.6 Å². The van der Waals surface area contributed by atoms with Gasteiger partial charge in [0, 0.05) is 11.8 Å². The lowest BCUT2D eigenvalue weighted by molar-refractivity contribution is -0.153. The summed E-state index contributed by atoms with van der Waals surface area (Å²) in [5.41, 5.74) is 0.983. The van der Waals surface area contributed by atoms with Crippen LogP contribution < -0.4 is 0 Å². The fourth-order valence-corrected chi connectivity index (χ4v) is 5.52. The molecule has 1 heterocycles. The van der Waals surface area contributed by atoms with Crippen LogP contribution >= 0.6 is 11.8 Å². The average molecular weight is 388 g/mol. The first-order chi connectivity index (χ1) is 13.2. The van der Waals surface area contributed by atoms with E-state index in [9.17, 15) is 9.59 Å². The lowest BCUT2D eigenvalue weighted by Crippen LogP contribution is -2.48. The molecular weight excluding hydrogens is 358 g/mol. The molecule has 0 N–H and O–H groups in total. The molecule has 0 radical (unpaired) electrons. The summed E-state index contributed by atoms with van der Waals surface area (Å²) in [5.74, 6) is 0.762. The maximum atomic E-state index is 13.1. The van der Waals surface area contributed by atoms with Gasteiger partial charge in [-0.2, -0.15) is 0 Å². The molecule has 146 valence electrons. The lowest BCUT2D eigenvalue weighted by atomic mass is 9.88. The summed E-state index contributed by atoms with van der Waals surface area (Å²) < 4.78 is 5.38. The number of nitrogens with zero attached hydrogens (tertiary/aromatic N) is 1. The Labute approximate surface area is 166 Å². The first kappa shape index (κ1) is 20.0. The van der Waals surface area contributed by atoms with Crippen molar-refractivity contribution in [2.45, 2.75) is 56.9 Å². The predicted octanol–water partition coefficient (Wildman–Crippen LogP) is 4.50. The maximum Gasteiger partial charge on any atom is 0.329 e. The number of carbonyl (C=O) groups is 2. The summed E-state index contributed by atoms with van der Waals surface area (Å²) in [6.07, 6.45) is 10.2. The van der Waals surface area contributed by atoms with Gasteiger partial charge in [-0.05, 0) is 36.8 Å². The normalized spacial score (nSPS) is 23.7. The molecule has 0 spiro atoms. The van der Waals surface area contributed by atoms with Gasteiger partial charge in [-0.3, -0.25) is 4.79 Å². The van der Waals surface area contributed by atoms with Gasteiger partial charge in [-0.25, -0.2) is 4.79 Å².